The second-order valence-electron chi connectivity index (χ2n) is 16.8. The Bertz CT molecular complexity index is 3530. The maximum Gasteiger partial charge on any atom is 0.179 e. The third-order valence-electron chi connectivity index (χ3n) is 13.3. The minimum atomic E-state index is -2.96. The summed E-state index contributed by atoms with van der Waals surface area (Å²) in [7, 11) is -2.96. The lowest BCUT2D eigenvalue weighted by atomic mass is 9.80. The third-order valence-corrected chi connectivity index (χ3v) is 18.1. The molecular formula is C62H42N2Si. The molecule has 0 atom stereocenters. The van der Waals surface area contributed by atoms with E-state index in [9.17, 15) is 0 Å². The Morgan fingerprint density at radius 1 is 0.262 bits per heavy atom. The Balaban J connectivity index is 1.31. The Morgan fingerprint density at radius 2 is 0.723 bits per heavy atom. The van der Waals surface area contributed by atoms with Crippen LogP contribution in [0.5, 0.6) is 0 Å². The normalized spacial score (nSPS) is 11.7. The average molecular weight is 843 g/mol. The van der Waals surface area contributed by atoms with Crippen molar-refractivity contribution in [2.24, 2.45) is 0 Å². The molecule has 12 aromatic rings. The van der Waals surface area contributed by atoms with Crippen molar-refractivity contribution in [1.29, 1.82) is 0 Å². The molecule has 0 N–H and O–H groups in total. The van der Waals surface area contributed by atoms with Crippen LogP contribution in [0.25, 0.3) is 87.9 Å². The highest BCUT2D eigenvalue weighted by Crippen LogP contribution is 2.50. The molecule has 2 aromatic heterocycles. The van der Waals surface area contributed by atoms with Gasteiger partial charge in [0.15, 0.2) is 8.07 Å². The van der Waals surface area contributed by atoms with Crippen molar-refractivity contribution in [3.63, 3.8) is 0 Å². The molecule has 2 nitrogen and oxygen atoms in total. The van der Waals surface area contributed by atoms with Gasteiger partial charge in [-0.1, -0.05) is 224 Å². The topological polar surface area (TPSA) is 25.8 Å². The van der Waals surface area contributed by atoms with E-state index in [-0.39, 0.29) is 0 Å². The zero-order valence-corrected chi connectivity index (χ0v) is 36.6. The number of aromatic nitrogens is 2. The van der Waals surface area contributed by atoms with Crippen molar-refractivity contribution in [2.45, 2.75) is 0 Å². The van der Waals surface area contributed by atoms with Crippen LogP contribution in [0.2, 0.25) is 0 Å². The smallest absolute Gasteiger partial charge is 0.179 e. The molecule has 2 heterocycles. The van der Waals surface area contributed by atoms with Crippen molar-refractivity contribution >= 4 is 72.2 Å². The van der Waals surface area contributed by atoms with Gasteiger partial charge in [-0.25, -0.2) is 0 Å². The van der Waals surface area contributed by atoms with Crippen molar-refractivity contribution < 1.29 is 0 Å². The van der Waals surface area contributed by atoms with Crippen molar-refractivity contribution in [2.75, 3.05) is 0 Å². The van der Waals surface area contributed by atoms with E-state index in [1.54, 1.807) is 0 Å². The van der Waals surface area contributed by atoms with Crippen LogP contribution in [0, 0.1) is 0 Å². The predicted molar refractivity (Wildman–Crippen MR) is 277 cm³/mol. The number of hydrogen-bond donors (Lipinski definition) is 0. The highest BCUT2D eigenvalue weighted by Gasteiger charge is 2.41. The van der Waals surface area contributed by atoms with E-state index in [0.29, 0.717) is 0 Å². The summed E-state index contributed by atoms with van der Waals surface area (Å²) in [6.45, 7) is 0. The molecule has 0 radical (unpaired) electrons. The van der Waals surface area contributed by atoms with Crippen LogP contribution in [-0.4, -0.2) is 18.0 Å². The van der Waals surface area contributed by atoms with Gasteiger partial charge in [-0.2, -0.15) is 0 Å². The molecule has 0 saturated carbocycles. The summed E-state index contributed by atoms with van der Waals surface area (Å²) in [4.78, 5) is 9.87. The monoisotopic (exact) mass is 842 g/mol. The average Bonchev–Trinajstić information content (AvgIpc) is 3.39. The Labute approximate surface area is 379 Å². The fourth-order valence-corrected chi connectivity index (χ4v) is 15.3. The molecule has 65 heavy (non-hydrogen) atoms. The van der Waals surface area contributed by atoms with Crippen molar-refractivity contribution in [3.8, 4) is 44.5 Å². The highest BCUT2D eigenvalue weighted by atomic mass is 28.3. The first-order valence-electron chi connectivity index (χ1n) is 22.3. The van der Waals surface area contributed by atoms with Crippen LogP contribution in [-0.2, 0) is 0 Å². The van der Waals surface area contributed by atoms with Gasteiger partial charge in [0.25, 0.3) is 0 Å². The van der Waals surface area contributed by atoms with Gasteiger partial charge in [-0.3, -0.25) is 9.97 Å². The number of rotatable bonds is 8. The Kier molecular flexibility index (Phi) is 9.55. The summed E-state index contributed by atoms with van der Waals surface area (Å²) in [6.07, 6.45) is 3.76. The largest absolute Gasteiger partial charge is 0.254 e. The number of hydrogen-bond acceptors (Lipinski definition) is 2. The zero-order chi connectivity index (χ0) is 43.2. The van der Waals surface area contributed by atoms with Crippen molar-refractivity contribution in [1.82, 2.24) is 9.97 Å². The van der Waals surface area contributed by atoms with Gasteiger partial charge in [0.2, 0.25) is 0 Å². The maximum absolute atomic E-state index is 5.00. The van der Waals surface area contributed by atoms with E-state index >= 15 is 0 Å². The molecule has 0 aliphatic rings. The highest BCUT2D eigenvalue weighted by molar-refractivity contribution is 7.20. The summed E-state index contributed by atoms with van der Waals surface area (Å²) in [5, 5.41) is 12.3. The van der Waals surface area contributed by atoms with Gasteiger partial charge >= 0.3 is 0 Å². The SMILES string of the molecule is c1ccc(-c2cccc(-c3ccccc3)c2-c2c3ccccc3c(-c3cc4cccnc4c4ncccc34)c3ccc([Si](c4ccccc4)(c4ccccc4)c4ccccc4)cc23)cc1. The molecule has 0 unspecified atom stereocenters. The maximum atomic E-state index is 5.00. The van der Waals surface area contributed by atoms with Gasteiger partial charge in [0.1, 0.15) is 0 Å². The quantitative estimate of drug-likeness (QED) is 0.0659. The Hall–Kier alpha value is -8.24. The molecule has 12 rings (SSSR count). The molecule has 304 valence electrons. The summed E-state index contributed by atoms with van der Waals surface area (Å²) in [5.74, 6) is 0. The first-order chi connectivity index (χ1) is 32.3. The molecule has 3 heteroatoms. The second-order valence-corrected chi connectivity index (χ2v) is 20.6. The summed E-state index contributed by atoms with van der Waals surface area (Å²) in [6, 6.07) is 89.7. The van der Waals surface area contributed by atoms with E-state index in [4.69, 9.17) is 9.97 Å². The molecule has 0 fully saturated rings. The fourth-order valence-electron chi connectivity index (χ4n) is 10.6. The number of fused-ring (bicyclic) bond motifs is 5. The second kappa shape index (κ2) is 16.1. The zero-order valence-electron chi connectivity index (χ0n) is 35.6. The first-order valence-corrected chi connectivity index (χ1v) is 24.3. The van der Waals surface area contributed by atoms with Gasteiger partial charge < -0.3 is 0 Å². The van der Waals surface area contributed by atoms with E-state index in [0.717, 1.165) is 27.4 Å². The lowest BCUT2D eigenvalue weighted by molar-refractivity contribution is 1.37. The van der Waals surface area contributed by atoms with Gasteiger partial charge in [-0.15, -0.1) is 0 Å². The summed E-state index contributed by atoms with van der Waals surface area (Å²) in [5.41, 5.74) is 11.3. The summed E-state index contributed by atoms with van der Waals surface area (Å²) < 4.78 is 0. The van der Waals surface area contributed by atoms with E-state index in [1.165, 1.54) is 81.2 Å². The van der Waals surface area contributed by atoms with E-state index in [2.05, 4.69) is 237 Å². The minimum absolute atomic E-state index is 0.906. The summed E-state index contributed by atoms with van der Waals surface area (Å²) >= 11 is 0. The molecule has 10 aromatic carbocycles. The first kappa shape index (κ1) is 38.4. The van der Waals surface area contributed by atoms with E-state index < -0.39 is 8.07 Å². The number of nitrogens with zero attached hydrogens (tertiary/aromatic N) is 2. The van der Waals surface area contributed by atoms with Gasteiger partial charge in [0.05, 0.1) is 11.0 Å². The van der Waals surface area contributed by atoms with Crippen LogP contribution in [0.4, 0.5) is 0 Å². The van der Waals surface area contributed by atoms with Gasteiger partial charge in [0, 0.05) is 23.2 Å². The van der Waals surface area contributed by atoms with Gasteiger partial charge in [-0.05, 0) is 105 Å². The van der Waals surface area contributed by atoms with Crippen LogP contribution in [0.1, 0.15) is 0 Å². The molecule has 0 aliphatic heterocycles. The molecule has 0 aliphatic carbocycles. The van der Waals surface area contributed by atoms with Crippen LogP contribution in [0.15, 0.2) is 255 Å². The molecular weight excluding hydrogens is 801 g/mol. The standard InChI is InChI=1S/C62H42N2Si/c1-6-21-43(22-7-1)50-34-18-35-51(44-23-8-2-9-24-44)59(50)60-53-33-17-16-32-52(53)58(56-41-45-25-19-39-63-61(45)62-55(56)36-20-40-64-62)54-38-37-49(42-57(54)60)65(46-26-10-3-11-27-46,47-28-12-4-13-29-47)48-30-14-5-15-31-48/h1-42H. The Morgan fingerprint density at radius 3 is 1.29 bits per heavy atom. The lowest BCUT2D eigenvalue weighted by Gasteiger charge is -2.35. The van der Waals surface area contributed by atoms with Crippen LogP contribution in [0.3, 0.4) is 0 Å². The number of benzene rings is 10. The van der Waals surface area contributed by atoms with Crippen LogP contribution >= 0.6 is 0 Å². The molecule has 0 bridgehead atoms. The third kappa shape index (κ3) is 6.31. The number of pyridine rings is 2. The predicted octanol–water partition coefficient (Wildman–Crippen LogP) is 13.1. The fraction of sp³-hybridized carbons (Fsp3) is 0. The van der Waals surface area contributed by atoms with E-state index in [1.807, 2.05) is 18.5 Å². The minimum Gasteiger partial charge on any atom is -0.254 e. The lowest BCUT2D eigenvalue weighted by Crippen LogP contribution is -2.74. The van der Waals surface area contributed by atoms with Crippen molar-refractivity contribution in [3.05, 3.63) is 255 Å². The molecule has 0 saturated heterocycles. The molecule has 0 spiro atoms. The molecule has 0 amide bonds. The van der Waals surface area contributed by atoms with Crippen LogP contribution < -0.4 is 20.7 Å².